The highest BCUT2D eigenvalue weighted by molar-refractivity contribution is 6.09. The van der Waals surface area contributed by atoms with Gasteiger partial charge in [-0.25, -0.2) is 9.97 Å². The monoisotopic (exact) mass is 600 g/mol. The number of rotatable bonds is 13. The third-order valence-electron chi connectivity index (χ3n) is 8.60. The molecule has 0 bridgehead atoms. The van der Waals surface area contributed by atoms with E-state index in [1.807, 2.05) is 49.4 Å². The lowest BCUT2D eigenvalue weighted by Gasteiger charge is -2.35. The van der Waals surface area contributed by atoms with E-state index in [1.54, 1.807) is 24.4 Å². The number of aromatic nitrogens is 2. The molecule has 1 aliphatic carbocycles. The number of methoxy groups -OCH3 is 1. The third kappa shape index (κ3) is 7.87. The van der Waals surface area contributed by atoms with Crippen LogP contribution in [-0.4, -0.2) is 60.3 Å². The first-order valence-corrected chi connectivity index (χ1v) is 15.7. The van der Waals surface area contributed by atoms with Gasteiger partial charge < -0.3 is 19.5 Å². The SMILES string of the molecule is COc1ccc(C(=O)N(CC(C)C)c2cc(C)ccn2)c(N2CCC(COc3cc(C(CC(=O)O)C4CC4)ccn3)CC2)c1. The number of hydrogen-bond acceptors (Lipinski definition) is 7. The van der Waals surface area contributed by atoms with Crippen LogP contribution in [0.1, 0.15) is 73.4 Å². The van der Waals surface area contributed by atoms with E-state index in [2.05, 4.69) is 28.7 Å². The number of carboxylic acids is 1. The Labute approximate surface area is 260 Å². The maximum absolute atomic E-state index is 14.1. The number of aryl methyl sites for hydroxylation is 1. The number of piperidine rings is 1. The Kier molecular flexibility index (Phi) is 10.0. The van der Waals surface area contributed by atoms with Gasteiger partial charge in [0.2, 0.25) is 5.88 Å². The molecule has 44 heavy (non-hydrogen) atoms. The summed E-state index contributed by atoms with van der Waals surface area (Å²) in [6, 6.07) is 13.4. The van der Waals surface area contributed by atoms with Crippen molar-refractivity contribution < 1.29 is 24.2 Å². The van der Waals surface area contributed by atoms with Crippen LogP contribution in [0.4, 0.5) is 11.5 Å². The lowest BCUT2D eigenvalue weighted by molar-refractivity contribution is -0.137. The van der Waals surface area contributed by atoms with Gasteiger partial charge in [0, 0.05) is 44.2 Å². The summed E-state index contributed by atoms with van der Waals surface area (Å²) in [6.07, 6.45) is 7.58. The zero-order valence-electron chi connectivity index (χ0n) is 26.2. The van der Waals surface area contributed by atoms with Crippen molar-refractivity contribution in [3.05, 3.63) is 71.5 Å². The van der Waals surface area contributed by atoms with Gasteiger partial charge in [-0.2, -0.15) is 0 Å². The van der Waals surface area contributed by atoms with Gasteiger partial charge in [0.1, 0.15) is 11.6 Å². The average molecular weight is 601 g/mol. The summed E-state index contributed by atoms with van der Waals surface area (Å²) in [6.45, 7) is 8.88. The summed E-state index contributed by atoms with van der Waals surface area (Å²) in [7, 11) is 1.64. The van der Waals surface area contributed by atoms with E-state index in [4.69, 9.17) is 9.47 Å². The maximum Gasteiger partial charge on any atom is 0.303 e. The van der Waals surface area contributed by atoms with E-state index in [-0.39, 0.29) is 24.2 Å². The Morgan fingerprint density at radius 1 is 1.02 bits per heavy atom. The van der Waals surface area contributed by atoms with E-state index in [9.17, 15) is 14.7 Å². The Morgan fingerprint density at radius 2 is 1.77 bits per heavy atom. The number of nitrogens with zero attached hydrogens (tertiary/aromatic N) is 4. The van der Waals surface area contributed by atoms with Gasteiger partial charge in [0.05, 0.1) is 31.4 Å². The van der Waals surface area contributed by atoms with Crippen molar-refractivity contribution in [2.24, 2.45) is 17.8 Å². The second kappa shape index (κ2) is 14.1. The first-order chi connectivity index (χ1) is 21.2. The van der Waals surface area contributed by atoms with Gasteiger partial charge in [-0.05, 0) is 97.7 Å². The molecule has 3 aromatic rings. The molecule has 1 saturated heterocycles. The summed E-state index contributed by atoms with van der Waals surface area (Å²) in [5, 5.41) is 9.39. The molecular formula is C35H44N4O5. The van der Waals surface area contributed by atoms with Crippen molar-refractivity contribution in [3.63, 3.8) is 0 Å². The molecule has 2 fully saturated rings. The molecule has 3 heterocycles. The number of carbonyl (C=O) groups excluding carboxylic acids is 1. The topological polar surface area (TPSA) is 105 Å². The molecule has 2 aromatic heterocycles. The minimum atomic E-state index is -0.770. The Morgan fingerprint density at radius 3 is 2.43 bits per heavy atom. The highest BCUT2D eigenvalue weighted by Gasteiger charge is 2.34. The molecule has 1 N–H and O–H groups in total. The number of ether oxygens (including phenoxy) is 2. The Bertz CT molecular complexity index is 1450. The maximum atomic E-state index is 14.1. The summed E-state index contributed by atoms with van der Waals surface area (Å²) in [4.78, 5) is 38.5. The van der Waals surface area contributed by atoms with Crippen molar-refractivity contribution >= 4 is 23.4 Å². The molecule has 2 aliphatic rings. The standard InChI is InChI=1S/C35H44N4O5/c1-23(2)21-39(32-17-24(3)9-13-36-32)35(42)29-8-7-28(43-4)19-31(29)38-15-11-25(12-16-38)22-44-33-18-27(10-14-37-33)30(20-34(40)41)26-5-6-26/h7-10,13-14,17-19,23,25-26,30H,5-6,11-12,15-16,20-22H2,1-4H3,(H,40,41). The van der Waals surface area contributed by atoms with E-state index < -0.39 is 5.97 Å². The number of aliphatic carboxylic acids is 1. The van der Waals surface area contributed by atoms with Crippen LogP contribution in [0.15, 0.2) is 54.9 Å². The first kappa shape index (κ1) is 31.3. The number of pyridine rings is 2. The molecule has 1 unspecified atom stereocenters. The molecule has 234 valence electrons. The molecule has 5 rings (SSSR count). The zero-order valence-corrected chi connectivity index (χ0v) is 26.2. The summed E-state index contributed by atoms with van der Waals surface area (Å²) in [5.41, 5.74) is 3.56. The Balaban J connectivity index is 1.26. The van der Waals surface area contributed by atoms with E-state index in [0.29, 0.717) is 48.0 Å². The van der Waals surface area contributed by atoms with Crippen LogP contribution in [0.2, 0.25) is 0 Å². The second-order valence-electron chi connectivity index (χ2n) is 12.6. The largest absolute Gasteiger partial charge is 0.497 e. The van der Waals surface area contributed by atoms with Crippen molar-refractivity contribution in [2.45, 2.75) is 58.8 Å². The van der Waals surface area contributed by atoms with E-state index in [1.165, 1.54) is 0 Å². The van der Waals surface area contributed by atoms with Crippen LogP contribution in [0.5, 0.6) is 11.6 Å². The predicted octanol–water partition coefficient (Wildman–Crippen LogP) is 6.36. The number of carbonyl (C=O) groups is 2. The minimum absolute atomic E-state index is 0.0130. The van der Waals surface area contributed by atoms with E-state index >= 15 is 0 Å². The van der Waals surface area contributed by atoms with Gasteiger partial charge in [-0.15, -0.1) is 0 Å². The van der Waals surface area contributed by atoms with Gasteiger partial charge in [-0.3, -0.25) is 14.5 Å². The number of anilines is 2. The number of amides is 1. The van der Waals surface area contributed by atoms with Gasteiger partial charge >= 0.3 is 5.97 Å². The molecule has 0 radical (unpaired) electrons. The molecule has 1 saturated carbocycles. The van der Waals surface area contributed by atoms with Crippen LogP contribution >= 0.6 is 0 Å². The fourth-order valence-corrected chi connectivity index (χ4v) is 6.06. The summed E-state index contributed by atoms with van der Waals surface area (Å²) < 4.78 is 11.7. The number of carboxylic acid groups (broad SMARTS) is 1. The average Bonchev–Trinajstić information content (AvgIpc) is 3.87. The molecule has 1 aliphatic heterocycles. The van der Waals surface area contributed by atoms with Gasteiger partial charge in [0.15, 0.2) is 0 Å². The second-order valence-corrected chi connectivity index (χ2v) is 12.6. The highest BCUT2D eigenvalue weighted by Crippen LogP contribution is 2.45. The molecule has 9 heteroatoms. The molecule has 1 aromatic carbocycles. The van der Waals surface area contributed by atoms with Gasteiger partial charge in [-0.1, -0.05) is 13.8 Å². The lowest BCUT2D eigenvalue weighted by atomic mass is 9.92. The van der Waals surface area contributed by atoms with E-state index in [0.717, 1.165) is 55.6 Å². The zero-order chi connectivity index (χ0) is 31.2. The molecular weight excluding hydrogens is 556 g/mol. The normalized spacial score (nSPS) is 16.1. The van der Waals surface area contributed by atoms with Crippen molar-refractivity contribution in [3.8, 4) is 11.6 Å². The summed E-state index contributed by atoms with van der Waals surface area (Å²) in [5.74, 6) is 2.14. The van der Waals surface area contributed by atoms with Gasteiger partial charge in [0.25, 0.3) is 5.91 Å². The quantitative estimate of drug-likeness (QED) is 0.242. The van der Waals surface area contributed by atoms with Crippen molar-refractivity contribution in [1.82, 2.24) is 9.97 Å². The van der Waals surface area contributed by atoms with Crippen LogP contribution in [0.3, 0.4) is 0 Å². The predicted molar refractivity (Wildman–Crippen MR) is 171 cm³/mol. The van der Waals surface area contributed by atoms with Crippen LogP contribution in [0, 0.1) is 24.7 Å². The van der Waals surface area contributed by atoms with Crippen LogP contribution in [0.25, 0.3) is 0 Å². The first-order valence-electron chi connectivity index (χ1n) is 15.7. The third-order valence-corrected chi connectivity index (χ3v) is 8.60. The fraction of sp³-hybridized carbons (Fsp3) is 0.486. The van der Waals surface area contributed by atoms with Crippen LogP contribution < -0.4 is 19.3 Å². The molecule has 0 spiro atoms. The Hall–Kier alpha value is -4.14. The number of hydrogen-bond donors (Lipinski definition) is 1. The molecule has 9 nitrogen and oxygen atoms in total. The minimum Gasteiger partial charge on any atom is -0.497 e. The number of benzene rings is 1. The van der Waals surface area contributed by atoms with Crippen molar-refractivity contribution in [2.75, 3.05) is 43.2 Å². The molecule has 1 amide bonds. The van der Waals surface area contributed by atoms with Crippen LogP contribution in [-0.2, 0) is 4.79 Å². The highest BCUT2D eigenvalue weighted by atomic mass is 16.5. The lowest BCUT2D eigenvalue weighted by Crippen LogP contribution is -2.39. The molecule has 1 atom stereocenters. The smallest absolute Gasteiger partial charge is 0.303 e. The fourth-order valence-electron chi connectivity index (χ4n) is 6.06. The summed E-state index contributed by atoms with van der Waals surface area (Å²) >= 11 is 0. The van der Waals surface area contributed by atoms with Crippen molar-refractivity contribution in [1.29, 1.82) is 0 Å².